The summed E-state index contributed by atoms with van der Waals surface area (Å²) >= 11 is 10.9. The third-order valence-electron chi connectivity index (χ3n) is 3.45. The molecular weight excluding hydrogens is 288 g/mol. The summed E-state index contributed by atoms with van der Waals surface area (Å²) in [5, 5.41) is 8.66. The summed E-state index contributed by atoms with van der Waals surface area (Å²) in [6.07, 6.45) is 9.23. The van der Waals surface area contributed by atoms with Gasteiger partial charge in [0.15, 0.2) is 0 Å². The van der Waals surface area contributed by atoms with Gasteiger partial charge in [0.25, 0.3) is 0 Å². The second kappa shape index (κ2) is 12.4. The van der Waals surface area contributed by atoms with Crippen molar-refractivity contribution in [1.29, 1.82) is 0 Å². The first-order chi connectivity index (χ1) is 9.51. The molecule has 1 unspecified atom stereocenters. The highest BCUT2D eigenvalue weighted by atomic mass is 32.1. The van der Waals surface area contributed by atoms with Crippen molar-refractivity contribution < 1.29 is 9.90 Å². The SMILES string of the molecule is CCCC(=S)CCC(CCCCC(=O)O)C(=S)CCC. The number of hydrogen-bond acceptors (Lipinski definition) is 3. The van der Waals surface area contributed by atoms with Gasteiger partial charge in [-0.1, -0.05) is 57.5 Å². The predicted molar refractivity (Wildman–Crippen MR) is 93.8 cm³/mol. The molecule has 0 aromatic rings. The molecular formula is C16H28O2S2. The highest BCUT2D eigenvalue weighted by Gasteiger charge is 2.14. The van der Waals surface area contributed by atoms with E-state index in [9.17, 15) is 4.79 Å². The monoisotopic (exact) mass is 316 g/mol. The van der Waals surface area contributed by atoms with E-state index in [4.69, 9.17) is 29.5 Å². The lowest BCUT2D eigenvalue weighted by Gasteiger charge is -2.18. The first kappa shape index (κ1) is 19.7. The van der Waals surface area contributed by atoms with Crippen LogP contribution in [0.4, 0.5) is 0 Å². The lowest BCUT2D eigenvalue weighted by Crippen LogP contribution is -2.14. The molecule has 0 aromatic carbocycles. The second-order valence-corrected chi connectivity index (χ2v) is 6.48. The quantitative estimate of drug-likeness (QED) is 0.366. The van der Waals surface area contributed by atoms with Gasteiger partial charge in [0.1, 0.15) is 0 Å². The number of rotatable bonds is 13. The van der Waals surface area contributed by atoms with Crippen LogP contribution in [-0.2, 0) is 4.79 Å². The van der Waals surface area contributed by atoms with E-state index in [1.165, 1.54) is 0 Å². The Morgan fingerprint density at radius 1 is 0.950 bits per heavy atom. The molecule has 0 saturated heterocycles. The highest BCUT2D eigenvalue weighted by Crippen LogP contribution is 2.21. The van der Waals surface area contributed by atoms with Crippen molar-refractivity contribution in [3.8, 4) is 0 Å². The molecule has 0 saturated carbocycles. The van der Waals surface area contributed by atoms with Crippen LogP contribution in [0.15, 0.2) is 0 Å². The molecule has 0 rings (SSSR count). The standard InChI is InChI=1S/C16H28O2S2/c1-3-7-14(19)12-11-13(15(20)8-4-2)9-5-6-10-16(17)18/h13H,3-12H2,1-2H3,(H,17,18). The molecule has 2 nitrogen and oxygen atoms in total. The zero-order valence-corrected chi connectivity index (χ0v) is 14.5. The van der Waals surface area contributed by atoms with Gasteiger partial charge in [-0.05, 0) is 54.2 Å². The van der Waals surface area contributed by atoms with E-state index in [0.717, 1.165) is 67.5 Å². The van der Waals surface area contributed by atoms with Crippen LogP contribution in [0.25, 0.3) is 0 Å². The largest absolute Gasteiger partial charge is 0.481 e. The van der Waals surface area contributed by atoms with Crippen LogP contribution < -0.4 is 0 Å². The molecule has 0 heterocycles. The lowest BCUT2D eigenvalue weighted by atomic mass is 9.90. The number of carboxylic acids is 1. The van der Waals surface area contributed by atoms with Gasteiger partial charge in [-0.15, -0.1) is 0 Å². The Bertz CT molecular complexity index is 314. The van der Waals surface area contributed by atoms with E-state index in [2.05, 4.69) is 13.8 Å². The third-order valence-corrected chi connectivity index (χ3v) is 4.39. The minimum absolute atomic E-state index is 0.265. The molecule has 0 aliphatic rings. The van der Waals surface area contributed by atoms with Crippen LogP contribution in [0, 0.1) is 5.92 Å². The molecule has 0 bridgehead atoms. The van der Waals surface area contributed by atoms with E-state index in [-0.39, 0.29) is 6.42 Å². The van der Waals surface area contributed by atoms with Crippen LogP contribution in [0.1, 0.15) is 78.1 Å². The summed E-state index contributed by atoms with van der Waals surface area (Å²) in [5.74, 6) is -0.268. The molecule has 0 aliphatic heterocycles. The zero-order valence-electron chi connectivity index (χ0n) is 12.8. The van der Waals surface area contributed by atoms with Crippen LogP contribution in [-0.4, -0.2) is 20.8 Å². The average molecular weight is 317 g/mol. The molecule has 0 spiro atoms. The summed E-state index contributed by atoms with van der Waals surface area (Å²) in [5.41, 5.74) is 0. The number of aliphatic carboxylic acids is 1. The van der Waals surface area contributed by atoms with Crippen molar-refractivity contribution >= 4 is 40.1 Å². The Hall–Kier alpha value is -0.350. The van der Waals surface area contributed by atoms with Crippen molar-refractivity contribution in [2.45, 2.75) is 78.1 Å². The summed E-state index contributed by atoms with van der Waals surface area (Å²) in [7, 11) is 0. The van der Waals surface area contributed by atoms with Gasteiger partial charge >= 0.3 is 5.97 Å². The lowest BCUT2D eigenvalue weighted by molar-refractivity contribution is -0.137. The van der Waals surface area contributed by atoms with Gasteiger partial charge in [-0.3, -0.25) is 4.79 Å². The summed E-state index contributed by atoms with van der Waals surface area (Å²) < 4.78 is 0. The van der Waals surface area contributed by atoms with Crippen molar-refractivity contribution in [2.24, 2.45) is 5.92 Å². The number of carbonyl (C=O) groups is 1. The Morgan fingerprint density at radius 2 is 1.60 bits per heavy atom. The van der Waals surface area contributed by atoms with Crippen molar-refractivity contribution in [3.05, 3.63) is 0 Å². The fourth-order valence-electron chi connectivity index (χ4n) is 2.32. The van der Waals surface area contributed by atoms with Crippen LogP contribution in [0.2, 0.25) is 0 Å². The van der Waals surface area contributed by atoms with E-state index in [1.807, 2.05) is 0 Å². The Balaban J connectivity index is 4.16. The van der Waals surface area contributed by atoms with Crippen LogP contribution in [0.5, 0.6) is 0 Å². The van der Waals surface area contributed by atoms with Gasteiger partial charge in [0, 0.05) is 6.42 Å². The van der Waals surface area contributed by atoms with Gasteiger partial charge in [-0.25, -0.2) is 0 Å². The zero-order chi connectivity index (χ0) is 15.4. The fraction of sp³-hybridized carbons (Fsp3) is 0.812. The molecule has 20 heavy (non-hydrogen) atoms. The topological polar surface area (TPSA) is 37.3 Å². The maximum Gasteiger partial charge on any atom is 0.303 e. The molecule has 0 aromatic heterocycles. The maximum atomic E-state index is 10.5. The van der Waals surface area contributed by atoms with Gasteiger partial charge in [-0.2, -0.15) is 0 Å². The van der Waals surface area contributed by atoms with E-state index in [1.54, 1.807) is 0 Å². The maximum absolute atomic E-state index is 10.5. The van der Waals surface area contributed by atoms with Gasteiger partial charge < -0.3 is 5.11 Å². The summed E-state index contributed by atoms with van der Waals surface area (Å²) in [4.78, 5) is 12.8. The average Bonchev–Trinajstić information content (AvgIpc) is 2.38. The van der Waals surface area contributed by atoms with E-state index < -0.39 is 5.97 Å². The van der Waals surface area contributed by atoms with Crippen molar-refractivity contribution in [3.63, 3.8) is 0 Å². The Kier molecular flexibility index (Phi) is 12.2. The van der Waals surface area contributed by atoms with E-state index >= 15 is 0 Å². The van der Waals surface area contributed by atoms with Crippen molar-refractivity contribution in [2.75, 3.05) is 0 Å². The van der Waals surface area contributed by atoms with Crippen molar-refractivity contribution in [1.82, 2.24) is 0 Å². The smallest absolute Gasteiger partial charge is 0.303 e. The van der Waals surface area contributed by atoms with E-state index in [0.29, 0.717) is 5.92 Å². The number of thiocarbonyl (C=S) groups is 2. The summed E-state index contributed by atoms with van der Waals surface area (Å²) in [6.45, 7) is 4.30. The number of unbranched alkanes of at least 4 members (excludes halogenated alkanes) is 1. The molecule has 0 aliphatic carbocycles. The first-order valence-electron chi connectivity index (χ1n) is 7.77. The molecule has 1 N–H and O–H groups in total. The molecule has 116 valence electrons. The minimum atomic E-state index is -0.707. The highest BCUT2D eigenvalue weighted by molar-refractivity contribution is 7.80. The number of hydrogen-bond donors (Lipinski definition) is 1. The van der Waals surface area contributed by atoms with Gasteiger partial charge in [0.2, 0.25) is 0 Å². The molecule has 1 atom stereocenters. The minimum Gasteiger partial charge on any atom is -0.481 e. The number of carboxylic acid groups (broad SMARTS) is 1. The fourth-order valence-corrected chi connectivity index (χ4v) is 3.08. The molecule has 0 amide bonds. The predicted octanol–water partition coefficient (Wildman–Crippen LogP) is 5.37. The first-order valence-corrected chi connectivity index (χ1v) is 8.59. The second-order valence-electron chi connectivity index (χ2n) is 5.38. The molecule has 0 radical (unpaired) electrons. The molecule has 0 fully saturated rings. The van der Waals surface area contributed by atoms with Gasteiger partial charge in [0.05, 0.1) is 0 Å². The summed E-state index contributed by atoms with van der Waals surface area (Å²) in [6, 6.07) is 0. The van der Waals surface area contributed by atoms with Crippen LogP contribution in [0.3, 0.4) is 0 Å². The molecule has 4 heteroatoms. The third kappa shape index (κ3) is 10.4. The van der Waals surface area contributed by atoms with Crippen LogP contribution >= 0.6 is 24.4 Å². The Morgan fingerprint density at radius 3 is 2.15 bits per heavy atom. The normalized spacial score (nSPS) is 12.1. The Labute approximate surface area is 134 Å².